The topological polar surface area (TPSA) is 108 Å². The second-order valence-electron chi connectivity index (χ2n) is 4.44. The predicted octanol–water partition coefficient (Wildman–Crippen LogP) is 0.314. The average molecular weight is 352 g/mol. The summed E-state index contributed by atoms with van der Waals surface area (Å²) in [6.07, 6.45) is -6.24. The molecule has 0 saturated heterocycles. The van der Waals surface area contributed by atoms with E-state index in [9.17, 15) is 22.8 Å². The molecule has 13 heteroatoms. The number of alkyl halides is 3. The first kappa shape index (κ1) is 16.9. The van der Waals surface area contributed by atoms with E-state index in [-0.39, 0.29) is 5.95 Å². The van der Waals surface area contributed by atoms with E-state index in [2.05, 4.69) is 25.9 Å². The molecule has 0 aliphatic heterocycles. The second kappa shape index (κ2) is 5.95. The Morgan fingerprint density at radius 1 is 1.30 bits per heavy atom. The molecule has 2 rings (SSSR count). The number of halogens is 4. The molecule has 0 aliphatic carbocycles. The highest BCUT2D eigenvalue weighted by Gasteiger charge is 2.33. The van der Waals surface area contributed by atoms with Crippen LogP contribution in [0.3, 0.4) is 0 Å². The molecule has 2 aromatic rings. The summed E-state index contributed by atoms with van der Waals surface area (Å²) in [4.78, 5) is 23.9. The Hall–Kier alpha value is -2.50. The number of carbonyl (C=O) groups excluding carboxylic acids is 1. The molecule has 0 unspecified atom stereocenters. The lowest BCUT2D eigenvalue weighted by Crippen LogP contribution is -2.31. The van der Waals surface area contributed by atoms with Gasteiger partial charge in [-0.1, -0.05) is 16.7 Å². The van der Waals surface area contributed by atoms with Gasteiger partial charge in [0.05, 0.1) is 11.4 Å². The number of tetrazole rings is 1. The zero-order chi connectivity index (χ0) is 17.4. The molecule has 1 N–H and O–H groups in total. The third-order valence-corrected chi connectivity index (χ3v) is 3.12. The van der Waals surface area contributed by atoms with Gasteiger partial charge >= 0.3 is 6.18 Å². The van der Waals surface area contributed by atoms with Gasteiger partial charge in [0.25, 0.3) is 11.5 Å². The van der Waals surface area contributed by atoms with Gasteiger partial charge in [-0.2, -0.15) is 18.3 Å². The maximum absolute atomic E-state index is 12.6. The van der Waals surface area contributed by atoms with Gasteiger partial charge in [0.15, 0.2) is 5.69 Å². The van der Waals surface area contributed by atoms with E-state index in [1.807, 2.05) is 0 Å². The van der Waals surface area contributed by atoms with Crippen molar-refractivity contribution in [2.24, 2.45) is 14.1 Å². The van der Waals surface area contributed by atoms with Gasteiger partial charge in [-0.15, -0.1) is 0 Å². The molecule has 23 heavy (non-hydrogen) atoms. The van der Waals surface area contributed by atoms with Crippen LogP contribution in [0.5, 0.6) is 0 Å². The highest BCUT2D eigenvalue weighted by Crippen LogP contribution is 2.25. The Balaban J connectivity index is 2.45. The van der Waals surface area contributed by atoms with E-state index < -0.39 is 40.3 Å². The fourth-order valence-electron chi connectivity index (χ4n) is 1.67. The van der Waals surface area contributed by atoms with Crippen LogP contribution in [0.25, 0.3) is 0 Å². The number of rotatable bonds is 3. The Labute approximate surface area is 131 Å². The first-order valence-corrected chi connectivity index (χ1v) is 6.34. The van der Waals surface area contributed by atoms with Gasteiger partial charge < -0.3 is 0 Å². The molecule has 0 saturated carbocycles. The van der Waals surface area contributed by atoms with E-state index in [1.165, 1.54) is 7.05 Å². The molecular weight excluding hydrogens is 343 g/mol. The van der Waals surface area contributed by atoms with E-state index in [1.54, 1.807) is 0 Å². The minimum Gasteiger partial charge on any atom is -0.288 e. The van der Waals surface area contributed by atoms with Crippen LogP contribution in [0.15, 0.2) is 4.79 Å². The summed E-state index contributed by atoms with van der Waals surface area (Å²) in [5.74, 6) is -1.02. The van der Waals surface area contributed by atoms with E-state index in [0.29, 0.717) is 4.68 Å². The molecule has 0 bridgehead atoms. The lowest BCUT2D eigenvalue weighted by Gasteiger charge is -2.12. The van der Waals surface area contributed by atoms with Crippen LogP contribution in [0.1, 0.15) is 16.1 Å². The van der Waals surface area contributed by atoms with E-state index >= 15 is 0 Å². The summed E-state index contributed by atoms with van der Waals surface area (Å²) in [6, 6.07) is 0. The molecule has 124 valence electrons. The van der Waals surface area contributed by atoms with Gasteiger partial charge in [0.1, 0.15) is 0 Å². The van der Waals surface area contributed by atoms with Crippen molar-refractivity contribution in [3.63, 3.8) is 0 Å². The number of hydrogen-bond acceptors (Lipinski definition) is 6. The number of amides is 1. The van der Waals surface area contributed by atoms with Crippen LogP contribution in [-0.2, 0) is 20.5 Å². The Kier molecular flexibility index (Phi) is 4.36. The lowest BCUT2D eigenvalue weighted by atomic mass is 10.2. The number of aryl methyl sites for hydroxylation is 2. The van der Waals surface area contributed by atoms with Crippen molar-refractivity contribution in [2.75, 3.05) is 5.32 Å². The average Bonchev–Trinajstić information content (AvgIpc) is 2.83. The molecule has 2 heterocycles. The Morgan fingerprint density at radius 3 is 2.48 bits per heavy atom. The third kappa shape index (κ3) is 3.64. The number of carbonyl (C=O) groups is 1. The highest BCUT2D eigenvalue weighted by molar-refractivity contribution is 6.34. The van der Waals surface area contributed by atoms with Crippen LogP contribution < -0.4 is 10.9 Å². The van der Waals surface area contributed by atoms with Crippen molar-refractivity contribution in [2.45, 2.75) is 12.6 Å². The van der Waals surface area contributed by atoms with Gasteiger partial charge in [-0.05, 0) is 10.4 Å². The van der Waals surface area contributed by atoms with Gasteiger partial charge in [-0.25, -0.2) is 9.36 Å². The maximum atomic E-state index is 12.6. The largest absolute Gasteiger partial charge is 0.393 e. The highest BCUT2D eigenvalue weighted by atomic mass is 35.5. The minimum atomic E-state index is -4.67. The van der Waals surface area contributed by atoms with Crippen LogP contribution in [0.2, 0.25) is 5.02 Å². The summed E-state index contributed by atoms with van der Waals surface area (Å²) in [7, 11) is 2.54. The van der Waals surface area contributed by atoms with Crippen LogP contribution in [-0.4, -0.2) is 42.1 Å². The summed E-state index contributed by atoms with van der Waals surface area (Å²) < 4.78 is 39.4. The molecular formula is C10H9ClF3N7O2. The van der Waals surface area contributed by atoms with Gasteiger partial charge in [-0.3, -0.25) is 14.9 Å². The molecule has 0 aromatic carbocycles. The van der Waals surface area contributed by atoms with Gasteiger partial charge in [0.2, 0.25) is 5.95 Å². The fourth-order valence-corrected chi connectivity index (χ4v) is 1.94. The summed E-state index contributed by atoms with van der Waals surface area (Å²) >= 11 is 5.77. The quantitative estimate of drug-likeness (QED) is 0.853. The summed E-state index contributed by atoms with van der Waals surface area (Å²) in [5.41, 5.74) is -2.35. The Bertz CT molecular complexity index is 814. The summed E-state index contributed by atoms with van der Waals surface area (Å²) in [5, 5.41) is 15.4. The molecule has 9 nitrogen and oxygen atoms in total. The summed E-state index contributed by atoms with van der Waals surface area (Å²) in [6.45, 7) is 0. The SMILES string of the molecule is Cn1nnnc1NC(=O)c1nn(C)c(=O)c(CC(F)(F)F)c1Cl. The van der Waals surface area contributed by atoms with E-state index in [4.69, 9.17) is 11.6 Å². The molecule has 0 spiro atoms. The molecule has 0 radical (unpaired) electrons. The van der Waals surface area contributed by atoms with Crippen LogP contribution in [0.4, 0.5) is 19.1 Å². The smallest absolute Gasteiger partial charge is 0.288 e. The van der Waals surface area contributed by atoms with Crippen LogP contribution >= 0.6 is 11.6 Å². The molecule has 0 fully saturated rings. The normalized spacial score (nSPS) is 11.6. The monoisotopic (exact) mass is 351 g/mol. The van der Waals surface area contributed by atoms with Crippen molar-refractivity contribution in [3.05, 3.63) is 26.6 Å². The zero-order valence-electron chi connectivity index (χ0n) is 11.7. The van der Waals surface area contributed by atoms with Gasteiger partial charge in [0, 0.05) is 19.7 Å². The fraction of sp³-hybridized carbons (Fsp3) is 0.400. The van der Waals surface area contributed by atoms with Crippen molar-refractivity contribution >= 4 is 23.5 Å². The van der Waals surface area contributed by atoms with Crippen molar-refractivity contribution in [3.8, 4) is 0 Å². The van der Waals surface area contributed by atoms with Crippen molar-refractivity contribution in [1.29, 1.82) is 0 Å². The number of hydrogen-bond donors (Lipinski definition) is 1. The molecule has 0 aliphatic rings. The maximum Gasteiger partial charge on any atom is 0.393 e. The number of aromatic nitrogens is 6. The zero-order valence-corrected chi connectivity index (χ0v) is 12.5. The standard InChI is InChI=1S/C10H9ClF3N7O2/c1-20-8(23)4(3-10(12,13)14)5(11)6(17-20)7(22)15-9-16-18-19-21(9)2/h3H2,1-2H3,(H,15,16,19,22). The molecule has 0 atom stereocenters. The van der Waals surface area contributed by atoms with Crippen LogP contribution in [0, 0.1) is 0 Å². The van der Waals surface area contributed by atoms with E-state index in [0.717, 1.165) is 11.7 Å². The number of nitrogens with one attached hydrogen (secondary N) is 1. The first-order chi connectivity index (χ1) is 10.6. The molecule has 1 amide bonds. The molecule has 2 aromatic heterocycles. The first-order valence-electron chi connectivity index (χ1n) is 5.96. The minimum absolute atomic E-state index is 0.0703. The van der Waals surface area contributed by atoms with Crippen molar-refractivity contribution < 1.29 is 18.0 Å². The lowest BCUT2D eigenvalue weighted by molar-refractivity contribution is -0.127. The number of nitrogens with zero attached hydrogens (tertiary/aromatic N) is 6. The van der Waals surface area contributed by atoms with Crippen molar-refractivity contribution in [1.82, 2.24) is 30.0 Å². The number of anilines is 1. The third-order valence-electron chi connectivity index (χ3n) is 2.71. The second-order valence-corrected chi connectivity index (χ2v) is 4.82. The Morgan fingerprint density at radius 2 is 1.96 bits per heavy atom. The predicted molar refractivity (Wildman–Crippen MR) is 71.0 cm³/mol.